The molecule has 0 saturated heterocycles. The van der Waals surface area contributed by atoms with E-state index in [-0.39, 0.29) is 18.5 Å². The van der Waals surface area contributed by atoms with E-state index in [1.54, 1.807) is 6.08 Å². The predicted octanol–water partition coefficient (Wildman–Crippen LogP) is 16.9. The zero-order valence-electron chi connectivity index (χ0n) is 41.9. The summed E-state index contributed by atoms with van der Waals surface area (Å²) in [4.78, 5) is 24.5. The molecule has 368 valence electrons. The molecule has 3 N–H and O–H groups in total. The summed E-state index contributed by atoms with van der Waals surface area (Å²) >= 11 is 0. The third-order valence-corrected chi connectivity index (χ3v) is 13.1. The van der Waals surface area contributed by atoms with Crippen LogP contribution < -0.4 is 5.32 Å². The fraction of sp³-hybridized carbons (Fsp3) is 0.929. The fourth-order valence-corrected chi connectivity index (χ4v) is 8.75. The van der Waals surface area contributed by atoms with Gasteiger partial charge in [-0.1, -0.05) is 276 Å². The Balaban J connectivity index is 3.50. The highest BCUT2D eigenvalue weighted by molar-refractivity contribution is 5.76. The number of rotatable bonds is 52. The van der Waals surface area contributed by atoms with Crippen LogP contribution >= 0.6 is 0 Å². The second-order valence-electron chi connectivity index (χ2n) is 19.3. The molecule has 0 rings (SSSR count). The van der Waals surface area contributed by atoms with E-state index in [2.05, 4.69) is 19.2 Å². The van der Waals surface area contributed by atoms with Gasteiger partial charge in [0.15, 0.2) is 0 Å². The Hall–Kier alpha value is -1.40. The summed E-state index contributed by atoms with van der Waals surface area (Å²) in [6.45, 7) is 4.88. The Morgan fingerprint density at radius 3 is 1.10 bits per heavy atom. The first kappa shape index (κ1) is 60.6. The van der Waals surface area contributed by atoms with Gasteiger partial charge >= 0.3 is 5.97 Å². The molecule has 62 heavy (non-hydrogen) atoms. The van der Waals surface area contributed by atoms with E-state index in [1.807, 2.05) is 6.08 Å². The minimum absolute atomic E-state index is 0.0149. The van der Waals surface area contributed by atoms with Crippen LogP contribution in [0.4, 0.5) is 0 Å². The Bertz CT molecular complexity index is 924. The molecule has 0 spiro atoms. The second kappa shape index (κ2) is 52.2. The van der Waals surface area contributed by atoms with Gasteiger partial charge in [-0.05, 0) is 32.1 Å². The van der Waals surface area contributed by atoms with Crippen LogP contribution in [0.25, 0.3) is 0 Å². The van der Waals surface area contributed by atoms with Crippen LogP contribution in [-0.4, -0.2) is 47.4 Å². The van der Waals surface area contributed by atoms with Crippen molar-refractivity contribution in [3.8, 4) is 0 Å². The van der Waals surface area contributed by atoms with Crippen LogP contribution in [0.15, 0.2) is 12.2 Å². The zero-order chi connectivity index (χ0) is 45.1. The van der Waals surface area contributed by atoms with E-state index in [1.165, 1.54) is 225 Å². The molecule has 0 aromatic rings. The number of carbonyl (C=O) groups is 2. The lowest BCUT2D eigenvalue weighted by Crippen LogP contribution is -2.45. The van der Waals surface area contributed by atoms with Crippen molar-refractivity contribution in [2.24, 2.45) is 0 Å². The number of carbonyl (C=O) groups excluding carboxylic acids is 2. The molecule has 0 fully saturated rings. The normalized spacial score (nSPS) is 12.6. The number of esters is 1. The Morgan fingerprint density at radius 2 is 0.742 bits per heavy atom. The van der Waals surface area contributed by atoms with E-state index < -0.39 is 12.1 Å². The molecule has 0 aliphatic rings. The lowest BCUT2D eigenvalue weighted by molar-refractivity contribution is -0.143. The minimum atomic E-state index is -0.856. The van der Waals surface area contributed by atoms with Gasteiger partial charge in [0.1, 0.15) is 0 Å². The van der Waals surface area contributed by atoms with Crippen molar-refractivity contribution in [1.82, 2.24) is 5.32 Å². The molecule has 0 aliphatic heterocycles. The van der Waals surface area contributed by atoms with Crippen LogP contribution in [0.1, 0.15) is 309 Å². The number of hydrogen-bond acceptors (Lipinski definition) is 5. The van der Waals surface area contributed by atoms with Crippen LogP contribution in [0.5, 0.6) is 0 Å². The molecule has 0 aromatic carbocycles. The largest absolute Gasteiger partial charge is 0.466 e. The highest BCUT2D eigenvalue weighted by Gasteiger charge is 2.18. The van der Waals surface area contributed by atoms with Crippen LogP contribution in [0.3, 0.4) is 0 Å². The van der Waals surface area contributed by atoms with Gasteiger partial charge in [-0.3, -0.25) is 9.59 Å². The molecule has 6 heteroatoms. The van der Waals surface area contributed by atoms with Crippen molar-refractivity contribution in [3.05, 3.63) is 12.2 Å². The predicted molar refractivity (Wildman–Crippen MR) is 269 cm³/mol. The Labute approximate surface area is 387 Å². The molecule has 2 atom stereocenters. The summed E-state index contributed by atoms with van der Waals surface area (Å²) in [5.74, 6) is -0.0983. The number of amides is 1. The van der Waals surface area contributed by atoms with Gasteiger partial charge in [-0.25, -0.2) is 0 Å². The average Bonchev–Trinajstić information content (AvgIpc) is 3.27. The number of unbranched alkanes of at least 4 members (excludes halogenated alkanes) is 41. The minimum Gasteiger partial charge on any atom is -0.466 e. The van der Waals surface area contributed by atoms with Crippen LogP contribution in [-0.2, 0) is 14.3 Å². The van der Waals surface area contributed by atoms with Crippen molar-refractivity contribution in [3.63, 3.8) is 0 Å². The molecule has 6 nitrogen and oxygen atoms in total. The van der Waals surface area contributed by atoms with Gasteiger partial charge in [-0.2, -0.15) is 0 Å². The summed E-state index contributed by atoms with van der Waals surface area (Å²) in [6.07, 6.45) is 60.8. The lowest BCUT2D eigenvalue weighted by Gasteiger charge is -2.20. The van der Waals surface area contributed by atoms with Crippen molar-refractivity contribution in [2.45, 2.75) is 321 Å². The maximum Gasteiger partial charge on any atom is 0.305 e. The highest BCUT2D eigenvalue weighted by Crippen LogP contribution is 2.17. The molecule has 0 aliphatic carbocycles. The Kier molecular flexibility index (Phi) is 51.0. The Morgan fingerprint density at radius 1 is 0.435 bits per heavy atom. The molecule has 1 amide bonds. The van der Waals surface area contributed by atoms with Gasteiger partial charge in [0.05, 0.1) is 25.4 Å². The summed E-state index contributed by atoms with van der Waals surface area (Å²) in [5.41, 5.74) is 0. The van der Waals surface area contributed by atoms with Gasteiger partial charge in [0, 0.05) is 12.8 Å². The number of ether oxygens (including phenoxy) is 1. The molecule has 0 bridgehead atoms. The quantitative estimate of drug-likeness (QED) is 0.0321. The lowest BCUT2D eigenvalue weighted by atomic mass is 10.0. The number of aliphatic hydroxyl groups excluding tert-OH is 2. The van der Waals surface area contributed by atoms with Crippen LogP contribution in [0.2, 0.25) is 0 Å². The third-order valence-electron chi connectivity index (χ3n) is 13.1. The molecular formula is C56H109NO5. The van der Waals surface area contributed by atoms with E-state index in [9.17, 15) is 19.8 Å². The highest BCUT2D eigenvalue weighted by atomic mass is 16.5. The summed E-state index contributed by atoms with van der Waals surface area (Å²) in [6, 6.07) is -0.641. The third kappa shape index (κ3) is 48.1. The SMILES string of the molecule is CCCCCCCCCCCCCCCCCCCCCCC/C=C/C(O)C(CO)NC(=O)CCCCCCCCCCCCCOC(=O)CCCCCCCCCCCCC. The van der Waals surface area contributed by atoms with Crippen LogP contribution in [0, 0.1) is 0 Å². The van der Waals surface area contributed by atoms with Gasteiger partial charge in [0.2, 0.25) is 5.91 Å². The molecule has 2 unspecified atom stereocenters. The molecule has 0 saturated carbocycles. The average molecular weight is 876 g/mol. The van der Waals surface area contributed by atoms with E-state index in [0.29, 0.717) is 19.4 Å². The second-order valence-corrected chi connectivity index (χ2v) is 19.3. The molecule has 0 radical (unpaired) electrons. The summed E-state index contributed by atoms with van der Waals surface area (Å²) in [7, 11) is 0. The standard InChI is InChI=1S/C56H109NO5/c1-3-5-7-9-11-13-15-16-17-18-19-20-21-22-23-24-25-26-29-32-36-40-44-48-54(59)53(52-58)57-55(60)49-45-41-37-33-30-27-31-35-39-43-47-51-62-56(61)50-46-42-38-34-28-14-12-10-8-6-4-2/h44,48,53-54,58-59H,3-43,45-47,49-52H2,1-2H3,(H,57,60)/b48-44+. The number of allylic oxidation sites excluding steroid dienone is 1. The number of nitrogens with one attached hydrogen (secondary N) is 1. The van der Waals surface area contributed by atoms with Gasteiger partial charge in [-0.15, -0.1) is 0 Å². The summed E-state index contributed by atoms with van der Waals surface area (Å²) < 4.78 is 5.44. The summed E-state index contributed by atoms with van der Waals surface area (Å²) in [5, 5.41) is 23.2. The van der Waals surface area contributed by atoms with E-state index >= 15 is 0 Å². The van der Waals surface area contributed by atoms with Crippen molar-refractivity contribution < 1.29 is 24.5 Å². The fourth-order valence-electron chi connectivity index (χ4n) is 8.75. The number of aliphatic hydroxyl groups is 2. The maximum atomic E-state index is 12.5. The monoisotopic (exact) mass is 876 g/mol. The maximum absolute atomic E-state index is 12.5. The van der Waals surface area contributed by atoms with Gasteiger partial charge < -0.3 is 20.3 Å². The molecular weight excluding hydrogens is 767 g/mol. The first-order chi connectivity index (χ1) is 30.5. The van der Waals surface area contributed by atoms with E-state index in [0.717, 1.165) is 57.8 Å². The topological polar surface area (TPSA) is 95.9 Å². The first-order valence-corrected chi connectivity index (χ1v) is 28.0. The van der Waals surface area contributed by atoms with Crippen molar-refractivity contribution in [1.29, 1.82) is 0 Å². The van der Waals surface area contributed by atoms with Crippen molar-refractivity contribution in [2.75, 3.05) is 13.2 Å². The molecule has 0 heterocycles. The van der Waals surface area contributed by atoms with E-state index in [4.69, 9.17) is 4.74 Å². The van der Waals surface area contributed by atoms with Gasteiger partial charge in [0.25, 0.3) is 0 Å². The number of hydrogen-bond donors (Lipinski definition) is 3. The molecule has 0 aromatic heterocycles. The zero-order valence-corrected chi connectivity index (χ0v) is 41.9. The van der Waals surface area contributed by atoms with Crippen molar-refractivity contribution >= 4 is 11.9 Å². The first-order valence-electron chi connectivity index (χ1n) is 28.0. The smallest absolute Gasteiger partial charge is 0.305 e.